The van der Waals surface area contributed by atoms with Gasteiger partial charge in [0.25, 0.3) is 0 Å². The highest BCUT2D eigenvalue weighted by molar-refractivity contribution is 9.10. The van der Waals surface area contributed by atoms with Crippen LogP contribution >= 0.6 is 27.3 Å². The van der Waals surface area contributed by atoms with Crippen molar-refractivity contribution in [3.8, 4) is 5.75 Å². The fraction of sp³-hybridized carbons (Fsp3) is 0.231. The van der Waals surface area contributed by atoms with Gasteiger partial charge in [0.2, 0.25) is 0 Å². The van der Waals surface area contributed by atoms with E-state index in [0.717, 1.165) is 22.5 Å². The number of hydrogen-bond acceptors (Lipinski definition) is 3. The average Bonchev–Trinajstić information content (AvgIpc) is 2.76. The molecule has 0 aliphatic carbocycles. The lowest BCUT2D eigenvalue weighted by atomic mass is 10.2. The Kier molecular flexibility index (Phi) is 2.84. The molecule has 0 amide bonds. The van der Waals surface area contributed by atoms with Crippen LogP contribution < -0.4 is 10.1 Å². The van der Waals surface area contributed by atoms with E-state index in [1.165, 1.54) is 9.75 Å². The molecule has 1 N–H and O–H groups in total. The number of para-hydroxylation sites is 1. The van der Waals surface area contributed by atoms with E-state index < -0.39 is 0 Å². The standard InChI is InChI=1S/C13H12BrNOS/c1-8-5-6-12(17-8)11-7-15-10-4-2-3-9(14)13(10)16-11/h2-6,11,15H,7H2,1H3. The second-order valence-corrected chi connectivity index (χ2v) is 6.23. The van der Waals surface area contributed by atoms with Gasteiger partial charge >= 0.3 is 0 Å². The SMILES string of the molecule is Cc1ccc(C2CNc3cccc(Br)c3O2)s1. The molecule has 1 unspecified atom stereocenters. The summed E-state index contributed by atoms with van der Waals surface area (Å²) in [5.74, 6) is 0.912. The Hall–Kier alpha value is -1.000. The smallest absolute Gasteiger partial charge is 0.157 e. The Labute approximate surface area is 113 Å². The van der Waals surface area contributed by atoms with Gasteiger partial charge < -0.3 is 10.1 Å². The normalized spacial score (nSPS) is 18.1. The molecule has 1 atom stereocenters. The summed E-state index contributed by atoms with van der Waals surface area (Å²) in [5, 5.41) is 3.41. The number of nitrogens with one attached hydrogen (secondary N) is 1. The van der Waals surface area contributed by atoms with Gasteiger partial charge in [-0.15, -0.1) is 11.3 Å². The number of halogens is 1. The van der Waals surface area contributed by atoms with Gasteiger partial charge in [-0.25, -0.2) is 0 Å². The van der Waals surface area contributed by atoms with Crippen molar-refractivity contribution >= 4 is 33.0 Å². The molecule has 1 aliphatic rings. The minimum absolute atomic E-state index is 0.111. The zero-order valence-corrected chi connectivity index (χ0v) is 11.8. The molecule has 2 heterocycles. The number of hydrogen-bond donors (Lipinski definition) is 1. The summed E-state index contributed by atoms with van der Waals surface area (Å²) >= 11 is 5.32. The molecule has 2 nitrogen and oxygen atoms in total. The van der Waals surface area contributed by atoms with E-state index in [2.05, 4.69) is 40.3 Å². The fourth-order valence-corrected chi connectivity index (χ4v) is 3.31. The van der Waals surface area contributed by atoms with E-state index in [9.17, 15) is 0 Å². The van der Waals surface area contributed by atoms with Gasteiger partial charge in [-0.1, -0.05) is 6.07 Å². The van der Waals surface area contributed by atoms with Crippen molar-refractivity contribution in [2.24, 2.45) is 0 Å². The second kappa shape index (κ2) is 4.35. The lowest BCUT2D eigenvalue weighted by molar-refractivity contribution is 0.213. The molecule has 88 valence electrons. The molecule has 2 aromatic rings. The third kappa shape index (κ3) is 2.07. The van der Waals surface area contributed by atoms with E-state index in [1.807, 2.05) is 18.2 Å². The molecule has 1 aromatic carbocycles. The predicted octanol–water partition coefficient (Wildman–Crippen LogP) is 4.36. The quantitative estimate of drug-likeness (QED) is 0.845. The van der Waals surface area contributed by atoms with Gasteiger partial charge in [-0.05, 0) is 47.1 Å². The number of ether oxygens (including phenoxy) is 1. The van der Waals surface area contributed by atoms with E-state index in [1.54, 1.807) is 11.3 Å². The Bertz CT molecular complexity index is 552. The first-order valence-corrected chi connectivity index (χ1v) is 7.10. The van der Waals surface area contributed by atoms with Crippen LogP contribution in [0.1, 0.15) is 15.9 Å². The van der Waals surface area contributed by atoms with Crippen molar-refractivity contribution in [3.05, 3.63) is 44.6 Å². The minimum Gasteiger partial charge on any atom is -0.480 e. The molecule has 0 spiro atoms. The van der Waals surface area contributed by atoms with E-state index >= 15 is 0 Å². The molecule has 0 saturated heterocycles. The van der Waals surface area contributed by atoms with Gasteiger partial charge in [0.05, 0.1) is 16.7 Å². The van der Waals surface area contributed by atoms with Gasteiger partial charge in [0.1, 0.15) is 0 Å². The lowest BCUT2D eigenvalue weighted by Crippen LogP contribution is -2.22. The second-order valence-electron chi connectivity index (χ2n) is 4.05. The fourth-order valence-electron chi connectivity index (χ4n) is 1.94. The maximum atomic E-state index is 6.06. The lowest BCUT2D eigenvalue weighted by Gasteiger charge is -2.27. The number of fused-ring (bicyclic) bond motifs is 1. The van der Waals surface area contributed by atoms with Crippen LogP contribution in [0.3, 0.4) is 0 Å². The average molecular weight is 310 g/mol. The van der Waals surface area contributed by atoms with Crippen molar-refractivity contribution in [2.75, 3.05) is 11.9 Å². The minimum atomic E-state index is 0.111. The predicted molar refractivity (Wildman–Crippen MR) is 75.1 cm³/mol. The molecule has 0 fully saturated rings. The number of benzene rings is 1. The monoisotopic (exact) mass is 309 g/mol. The van der Waals surface area contributed by atoms with Crippen molar-refractivity contribution in [1.29, 1.82) is 0 Å². The van der Waals surface area contributed by atoms with Gasteiger partial charge in [-0.3, -0.25) is 0 Å². The molecular formula is C13H12BrNOS. The highest BCUT2D eigenvalue weighted by atomic mass is 79.9. The van der Waals surface area contributed by atoms with Crippen LogP contribution in [0.25, 0.3) is 0 Å². The van der Waals surface area contributed by atoms with Crippen molar-refractivity contribution in [3.63, 3.8) is 0 Å². The first-order chi connectivity index (χ1) is 8.24. The molecule has 3 rings (SSSR count). The largest absolute Gasteiger partial charge is 0.480 e. The third-order valence-electron chi connectivity index (χ3n) is 2.78. The van der Waals surface area contributed by atoms with Gasteiger partial charge in [0, 0.05) is 9.75 Å². The maximum absolute atomic E-state index is 6.06. The van der Waals surface area contributed by atoms with Crippen LogP contribution in [0.2, 0.25) is 0 Å². The first-order valence-electron chi connectivity index (χ1n) is 5.49. The summed E-state index contributed by atoms with van der Waals surface area (Å²) in [6.45, 7) is 2.94. The number of anilines is 1. The van der Waals surface area contributed by atoms with Crippen LogP contribution in [-0.4, -0.2) is 6.54 Å². The highest BCUT2D eigenvalue weighted by Crippen LogP contribution is 2.40. The van der Waals surface area contributed by atoms with Gasteiger partial charge in [0.15, 0.2) is 11.9 Å². The van der Waals surface area contributed by atoms with E-state index in [0.29, 0.717) is 0 Å². The Morgan fingerprint density at radius 3 is 3.00 bits per heavy atom. The molecule has 4 heteroatoms. The van der Waals surface area contributed by atoms with Crippen LogP contribution in [0.15, 0.2) is 34.8 Å². The summed E-state index contributed by atoms with van der Waals surface area (Å²) in [6.07, 6.45) is 0.111. The molecule has 0 radical (unpaired) electrons. The summed E-state index contributed by atoms with van der Waals surface area (Å²) in [4.78, 5) is 2.60. The Balaban J connectivity index is 1.92. The summed E-state index contributed by atoms with van der Waals surface area (Å²) < 4.78 is 7.06. The topological polar surface area (TPSA) is 21.3 Å². The van der Waals surface area contributed by atoms with Crippen molar-refractivity contribution in [2.45, 2.75) is 13.0 Å². The molecular weight excluding hydrogens is 298 g/mol. The highest BCUT2D eigenvalue weighted by Gasteiger charge is 2.23. The van der Waals surface area contributed by atoms with Crippen molar-refractivity contribution < 1.29 is 4.74 Å². The van der Waals surface area contributed by atoms with Crippen LogP contribution in [0, 0.1) is 6.92 Å². The number of aryl methyl sites for hydroxylation is 1. The Morgan fingerprint density at radius 1 is 1.35 bits per heavy atom. The summed E-state index contributed by atoms with van der Waals surface area (Å²) in [7, 11) is 0. The van der Waals surface area contributed by atoms with Crippen molar-refractivity contribution in [1.82, 2.24) is 0 Å². The molecule has 1 aliphatic heterocycles. The maximum Gasteiger partial charge on any atom is 0.157 e. The molecule has 0 saturated carbocycles. The zero-order chi connectivity index (χ0) is 11.8. The zero-order valence-electron chi connectivity index (χ0n) is 9.37. The van der Waals surface area contributed by atoms with Crippen LogP contribution in [0.5, 0.6) is 5.75 Å². The molecule has 1 aromatic heterocycles. The number of rotatable bonds is 1. The molecule has 0 bridgehead atoms. The summed E-state index contributed by atoms with van der Waals surface area (Å²) in [5.41, 5.74) is 1.06. The first kappa shape index (κ1) is 11.1. The Morgan fingerprint density at radius 2 is 2.24 bits per heavy atom. The van der Waals surface area contributed by atoms with E-state index in [-0.39, 0.29) is 6.10 Å². The molecule has 17 heavy (non-hydrogen) atoms. The number of thiophene rings is 1. The summed E-state index contributed by atoms with van der Waals surface area (Å²) in [6, 6.07) is 10.3. The third-order valence-corrected chi connectivity index (χ3v) is 4.50. The van der Waals surface area contributed by atoms with E-state index in [4.69, 9.17) is 4.74 Å². The van der Waals surface area contributed by atoms with Crippen LogP contribution in [0.4, 0.5) is 5.69 Å². The van der Waals surface area contributed by atoms with Gasteiger partial charge in [-0.2, -0.15) is 0 Å². The van der Waals surface area contributed by atoms with Crippen LogP contribution in [-0.2, 0) is 0 Å².